The number of hydrogen-bond acceptors (Lipinski definition) is 3. The Labute approximate surface area is 175 Å². The predicted molar refractivity (Wildman–Crippen MR) is 116 cm³/mol. The number of rotatable bonds is 8. The van der Waals surface area contributed by atoms with Crippen molar-refractivity contribution in [2.75, 3.05) is 18.9 Å². The molecule has 1 aromatic heterocycles. The molecule has 8 heteroatoms. The Hall–Kier alpha value is -3.68. The van der Waals surface area contributed by atoms with Crippen molar-refractivity contribution in [1.82, 2.24) is 20.4 Å². The Balaban J connectivity index is 1.45. The number of nitrogens with one attached hydrogen (secondary N) is 3. The molecule has 3 N–H and O–H groups in total. The molecule has 7 nitrogen and oxygen atoms in total. The molecule has 0 bridgehead atoms. The van der Waals surface area contributed by atoms with Gasteiger partial charge in [-0.15, -0.1) is 0 Å². The van der Waals surface area contributed by atoms with E-state index >= 15 is 0 Å². The monoisotopic (exact) mass is 408 g/mol. The summed E-state index contributed by atoms with van der Waals surface area (Å²) in [4.78, 5) is 16.3. The van der Waals surface area contributed by atoms with Gasteiger partial charge in [0.2, 0.25) is 5.91 Å². The fraction of sp³-hybridized carbons (Fsp3) is 0.227. The highest BCUT2D eigenvalue weighted by molar-refractivity contribution is 5.90. The zero-order chi connectivity index (χ0) is 21.2. The number of carbonyl (C=O) groups is 1. The lowest BCUT2D eigenvalue weighted by molar-refractivity contribution is -0.116. The second-order valence-corrected chi connectivity index (χ2v) is 6.68. The SMILES string of the molecule is CN=C(NCCc1ccc(F)cc1)NCc1cccc(NC(=O)Cn2cccn2)c1. The van der Waals surface area contributed by atoms with Crippen molar-refractivity contribution in [2.45, 2.75) is 19.5 Å². The van der Waals surface area contributed by atoms with Crippen molar-refractivity contribution >= 4 is 17.6 Å². The first-order valence-electron chi connectivity index (χ1n) is 9.67. The van der Waals surface area contributed by atoms with Gasteiger partial charge in [-0.25, -0.2) is 4.39 Å². The minimum absolute atomic E-state index is 0.137. The van der Waals surface area contributed by atoms with Crippen molar-refractivity contribution in [3.63, 3.8) is 0 Å². The lowest BCUT2D eigenvalue weighted by Crippen LogP contribution is -2.37. The average Bonchev–Trinajstić information content (AvgIpc) is 3.25. The summed E-state index contributed by atoms with van der Waals surface area (Å²) in [5.41, 5.74) is 2.79. The van der Waals surface area contributed by atoms with Crippen LogP contribution in [0.4, 0.5) is 10.1 Å². The van der Waals surface area contributed by atoms with Gasteiger partial charge in [-0.2, -0.15) is 5.10 Å². The van der Waals surface area contributed by atoms with Crippen molar-refractivity contribution in [2.24, 2.45) is 4.99 Å². The Kier molecular flexibility index (Phi) is 7.54. The van der Waals surface area contributed by atoms with E-state index in [4.69, 9.17) is 0 Å². The molecule has 0 saturated heterocycles. The van der Waals surface area contributed by atoms with Gasteiger partial charge in [0.15, 0.2) is 5.96 Å². The van der Waals surface area contributed by atoms with E-state index in [1.54, 1.807) is 42.3 Å². The van der Waals surface area contributed by atoms with Gasteiger partial charge in [-0.1, -0.05) is 24.3 Å². The molecular weight excluding hydrogens is 383 g/mol. The second kappa shape index (κ2) is 10.8. The number of anilines is 1. The summed E-state index contributed by atoms with van der Waals surface area (Å²) >= 11 is 0. The molecule has 0 aliphatic carbocycles. The summed E-state index contributed by atoms with van der Waals surface area (Å²) in [6, 6.07) is 15.9. The molecule has 1 amide bonds. The van der Waals surface area contributed by atoms with Gasteiger partial charge < -0.3 is 16.0 Å². The fourth-order valence-corrected chi connectivity index (χ4v) is 2.88. The van der Waals surface area contributed by atoms with E-state index in [1.807, 2.05) is 24.3 Å². The molecule has 0 fully saturated rings. The lowest BCUT2D eigenvalue weighted by Gasteiger charge is -2.13. The summed E-state index contributed by atoms with van der Waals surface area (Å²) in [5, 5.41) is 13.4. The van der Waals surface area contributed by atoms with E-state index in [0.29, 0.717) is 19.0 Å². The first-order chi connectivity index (χ1) is 14.6. The topological polar surface area (TPSA) is 83.3 Å². The third-order valence-electron chi connectivity index (χ3n) is 4.38. The number of hydrogen-bond donors (Lipinski definition) is 3. The number of guanidine groups is 1. The molecule has 0 aliphatic heterocycles. The van der Waals surface area contributed by atoms with Crippen LogP contribution in [-0.2, 0) is 24.3 Å². The minimum Gasteiger partial charge on any atom is -0.356 e. The number of nitrogens with zero attached hydrogens (tertiary/aromatic N) is 3. The van der Waals surface area contributed by atoms with Gasteiger partial charge in [0, 0.05) is 38.2 Å². The molecular formula is C22H25FN6O. The van der Waals surface area contributed by atoms with Crippen molar-refractivity contribution in [3.8, 4) is 0 Å². The van der Waals surface area contributed by atoms with E-state index in [0.717, 1.165) is 23.2 Å². The molecule has 0 spiro atoms. The van der Waals surface area contributed by atoms with Gasteiger partial charge >= 0.3 is 0 Å². The second-order valence-electron chi connectivity index (χ2n) is 6.68. The van der Waals surface area contributed by atoms with Gasteiger partial charge in [-0.3, -0.25) is 14.5 Å². The Bertz CT molecular complexity index is 970. The molecule has 0 aliphatic rings. The zero-order valence-electron chi connectivity index (χ0n) is 16.8. The number of benzene rings is 2. The van der Waals surface area contributed by atoms with Gasteiger partial charge in [-0.05, 0) is 47.9 Å². The molecule has 1 heterocycles. The molecule has 0 atom stereocenters. The Morgan fingerprint density at radius 1 is 1.10 bits per heavy atom. The molecule has 156 valence electrons. The van der Waals surface area contributed by atoms with Crippen LogP contribution < -0.4 is 16.0 Å². The van der Waals surface area contributed by atoms with Crippen LogP contribution in [0.5, 0.6) is 0 Å². The molecule has 2 aromatic carbocycles. The highest BCUT2D eigenvalue weighted by Gasteiger charge is 2.05. The maximum absolute atomic E-state index is 13.0. The van der Waals surface area contributed by atoms with Crippen LogP contribution in [0, 0.1) is 5.82 Å². The standard InChI is InChI=1S/C22H25FN6O/c1-24-22(25-12-10-17-6-8-19(23)9-7-17)26-15-18-4-2-5-20(14-18)28-21(30)16-29-13-3-11-27-29/h2-9,11,13-14H,10,12,15-16H2,1H3,(H,28,30)(H2,24,25,26). The quantitative estimate of drug-likeness (QED) is 0.395. The van der Waals surface area contributed by atoms with Crippen LogP contribution >= 0.6 is 0 Å². The molecule has 0 saturated carbocycles. The van der Waals surface area contributed by atoms with Crippen LogP contribution in [0.25, 0.3) is 0 Å². The number of aliphatic imine (C=N–C) groups is 1. The number of aromatic nitrogens is 2. The highest BCUT2D eigenvalue weighted by atomic mass is 19.1. The summed E-state index contributed by atoms with van der Waals surface area (Å²) in [6.45, 7) is 1.40. The number of halogens is 1. The van der Waals surface area contributed by atoms with Crippen molar-refractivity contribution < 1.29 is 9.18 Å². The maximum atomic E-state index is 13.0. The lowest BCUT2D eigenvalue weighted by atomic mass is 10.1. The van der Waals surface area contributed by atoms with Crippen LogP contribution in [0.3, 0.4) is 0 Å². The molecule has 0 radical (unpaired) electrons. The summed E-state index contributed by atoms with van der Waals surface area (Å²) in [6.07, 6.45) is 4.15. The summed E-state index contributed by atoms with van der Waals surface area (Å²) < 4.78 is 14.5. The maximum Gasteiger partial charge on any atom is 0.246 e. The summed E-state index contributed by atoms with van der Waals surface area (Å²) in [5.74, 6) is 0.302. The number of amides is 1. The van der Waals surface area contributed by atoms with Gasteiger partial charge in [0.1, 0.15) is 12.4 Å². The first kappa shape index (κ1) is 21.0. The Morgan fingerprint density at radius 3 is 2.67 bits per heavy atom. The molecule has 3 rings (SSSR count). The highest BCUT2D eigenvalue weighted by Crippen LogP contribution is 2.11. The van der Waals surface area contributed by atoms with Crippen molar-refractivity contribution in [1.29, 1.82) is 0 Å². The minimum atomic E-state index is -0.232. The van der Waals surface area contributed by atoms with Gasteiger partial charge in [0.05, 0.1) is 0 Å². The normalized spacial score (nSPS) is 11.2. The Morgan fingerprint density at radius 2 is 1.93 bits per heavy atom. The van der Waals surface area contributed by atoms with E-state index in [9.17, 15) is 9.18 Å². The van der Waals surface area contributed by atoms with E-state index in [-0.39, 0.29) is 18.3 Å². The summed E-state index contributed by atoms with van der Waals surface area (Å²) in [7, 11) is 1.71. The molecule has 0 unspecified atom stereocenters. The van der Waals surface area contributed by atoms with Crippen LogP contribution in [0.2, 0.25) is 0 Å². The van der Waals surface area contributed by atoms with Crippen LogP contribution in [0.1, 0.15) is 11.1 Å². The van der Waals surface area contributed by atoms with E-state index < -0.39 is 0 Å². The molecule has 30 heavy (non-hydrogen) atoms. The first-order valence-corrected chi connectivity index (χ1v) is 9.67. The molecule has 3 aromatic rings. The van der Waals surface area contributed by atoms with Crippen LogP contribution in [0.15, 0.2) is 72.0 Å². The predicted octanol–water partition coefficient (Wildman–Crippen LogP) is 2.57. The number of carbonyl (C=O) groups excluding carboxylic acids is 1. The van der Waals surface area contributed by atoms with Gasteiger partial charge in [0.25, 0.3) is 0 Å². The zero-order valence-corrected chi connectivity index (χ0v) is 16.8. The van der Waals surface area contributed by atoms with E-state index in [1.165, 1.54) is 12.1 Å². The average molecular weight is 408 g/mol. The third kappa shape index (κ3) is 6.73. The van der Waals surface area contributed by atoms with Crippen LogP contribution in [-0.4, -0.2) is 35.2 Å². The smallest absolute Gasteiger partial charge is 0.246 e. The van der Waals surface area contributed by atoms with E-state index in [2.05, 4.69) is 26.0 Å². The third-order valence-corrected chi connectivity index (χ3v) is 4.38. The fourth-order valence-electron chi connectivity index (χ4n) is 2.88. The van der Waals surface area contributed by atoms with Crippen molar-refractivity contribution in [3.05, 3.63) is 83.9 Å². The largest absolute Gasteiger partial charge is 0.356 e.